The average Bonchev–Trinajstić information content (AvgIpc) is 2.68. The molecule has 112 valence electrons. The van der Waals surface area contributed by atoms with Crippen molar-refractivity contribution >= 4 is 22.4 Å². The molecule has 6 nitrogen and oxygen atoms in total. The van der Waals surface area contributed by atoms with E-state index in [0.717, 1.165) is 30.8 Å². The third kappa shape index (κ3) is 3.46. The van der Waals surface area contributed by atoms with Gasteiger partial charge in [0.1, 0.15) is 5.01 Å². The normalized spacial score (nSPS) is 21.4. The van der Waals surface area contributed by atoms with Gasteiger partial charge >= 0.3 is 0 Å². The second kappa shape index (κ2) is 6.05. The molecule has 20 heavy (non-hydrogen) atoms. The van der Waals surface area contributed by atoms with Crippen LogP contribution in [-0.2, 0) is 10.3 Å². The summed E-state index contributed by atoms with van der Waals surface area (Å²) in [5, 5.41) is 12.1. The van der Waals surface area contributed by atoms with Crippen molar-refractivity contribution in [3.8, 4) is 0 Å². The number of nitrogens with two attached hydrogens (primary N) is 1. The number of likely N-dealkylation sites (tertiary alicyclic amines) is 1. The van der Waals surface area contributed by atoms with Gasteiger partial charge < -0.3 is 11.1 Å². The summed E-state index contributed by atoms with van der Waals surface area (Å²) in [6.07, 6.45) is 4.38. The fourth-order valence-electron chi connectivity index (χ4n) is 2.52. The quantitative estimate of drug-likeness (QED) is 0.879. The summed E-state index contributed by atoms with van der Waals surface area (Å²) in [6.45, 7) is 4.84. The van der Waals surface area contributed by atoms with Crippen molar-refractivity contribution in [2.45, 2.75) is 51.1 Å². The molecule has 1 saturated heterocycles. The summed E-state index contributed by atoms with van der Waals surface area (Å²) >= 11 is 1.32. The summed E-state index contributed by atoms with van der Waals surface area (Å²) in [7, 11) is 2.02. The van der Waals surface area contributed by atoms with Gasteiger partial charge in [-0.15, -0.1) is 10.2 Å². The number of likely N-dealkylation sites (N-methyl/N-ethyl adjacent to an activating group) is 1. The molecule has 2 rings (SSSR count). The maximum Gasteiger partial charge on any atom is 0.238 e. The fraction of sp³-hybridized carbons (Fsp3) is 0.769. The standard InChI is InChI=1S/C13H23N5OS/c1-13(2,11-16-17-12(14)20-11)15-10(19)9-7-5-4-6-8-18(9)3/h9H,4-8H2,1-3H3,(H2,14,17)(H,15,19)/t9-/m1/s1. The van der Waals surface area contributed by atoms with Crippen LogP contribution in [-0.4, -0.2) is 40.6 Å². The van der Waals surface area contributed by atoms with Gasteiger partial charge in [-0.1, -0.05) is 24.2 Å². The van der Waals surface area contributed by atoms with Gasteiger partial charge in [-0.2, -0.15) is 0 Å². The van der Waals surface area contributed by atoms with Gasteiger partial charge in [-0.05, 0) is 40.3 Å². The Balaban J connectivity index is 2.05. The van der Waals surface area contributed by atoms with Crippen molar-refractivity contribution in [3.63, 3.8) is 0 Å². The molecule has 0 aliphatic carbocycles. The number of nitrogens with one attached hydrogen (secondary N) is 1. The molecule has 1 fully saturated rings. The average molecular weight is 297 g/mol. The fourth-order valence-corrected chi connectivity index (χ4v) is 3.18. The molecule has 0 radical (unpaired) electrons. The highest BCUT2D eigenvalue weighted by Gasteiger charge is 2.32. The zero-order chi connectivity index (χ0) is 14.8. The maximum atomic E-state index is 12.5. The van der Waals surface area contributed by atoms with E-state index in [0.29, 0.717) is 5.13 Å². The van der Waals surface area contributed by atoms with E-state index in [1.54, 1.807) is 0 Å². The molecule has 1 atom stereocenters. The molecule has 3 N–H and O–H groups in total. The third-order valence-electron chi connectivity index (χ3n) is 3.73. The first-order chi connectivity index (χ1) is 9.40. The van der Waals surface area contributed by atoms with Crippen molar-refractivity contribution in [2.75, 3.05) is 19.3 Å². The second-order valence-corrected chi connectivity index (χ2v) is 6.91. The van der Waals surface area contributed by atoms with Crippen LogP contribution in [0.3, 0.4) is 0 Å². The highest BCUT2D eigenvalue weighted by Crippen LogP contribution is 2.25. The van der Waals surface area contributed by atoms with E-state index in [1.165, 1.54) is 17.8 Å². The molecule has 0 bridgehead atoms. The van der Waals surface area contributed by atoms with Gasteiger partial charge in [0.05, 0.1) is 11.6 Å². The van der Waals surface area contributed by atoms with E-state index in [1.807, 2.05) is 20.9 Å². The highest BCUT2D eigenvalue weighted by atomic mass is 32.1. The Morgan fingerprint density at radius 2 is 2.15 bits per heavy atom. The molecule has 7 heteroatoms. The summed E-state index contributed by atoms with van der Waals surface area (Å²) < 4.78 is 0. The van der Waals surface area contributed by atoms with Crippen LogP contribution in [0.15, 0.2) is 0 Å². The number of rotatable bonds is 3. The minimum Gasteiger partial charge on any atom is -0.374 e. The number of hydrogen-bond donors (Lipinski definition) is 2. The van der Waals surface area contributed by atoms with Gasteiger partial charge in [-0.25, -0.2) is 0 Å². The topological polar surface area (TPSA) is 84.1 Å². The summed E-state index contributed by atoms with van der Waals surface area (Å²) in [5.41, 5.74) is 5.07. The molecule has 0 aromatic carbocycles. The number of nitrogen functional groups attached to an aromatic ring is 1. The number of nitrogens with zero attached hydrogens (tertiary/aromatic N) is 3. The Bertz CT molecular complexity index is 473. The molecule has 1 aromatic rings. The van der Waals surface area contributed by atoms with Crippen molar-refractivity contribution in [3.05, 3.63) is 5.01 Å². The lowest BCUT2D eigenvalue weighted by Crippen LogP contribution is -2.50. The number of carbonyl (C=O) groups excluding carboxylic acids is 1. The molecule has 0 spiro atoms. The van der Waals surface area contributed by atoms with Crippen LogP contribution >= 0.6 is 11.3 Å². The lowest BCUT2D eigenvalue weighted by molar-refractivity contribution is -0.127. The van der Waals surface area contributed by atoms with Gasteiger partial charge in [-0.3, -0.25) is 9.69 Å². The number of carbonyl (C=O) groups is 1. The third-order valence-corrected chi connectivity index (χ3v) is 4.81. The van der Waals surface area contributed by atoms with Crippen LogP contribution in [0.25, 0.3) is 0 Å². The Labute approximate surface area is 123 Å². The van der Waals surface area contributed by atoms with Crippen LogP contribution in [0, 0.1) is 0 Å². The minimum absolute atomic E-state index is 0.0537. The lowest BCUT2D eigenvalue weighted by atomic mass is 10.0. The molecule has 1 aliphatic rings. The van der Waals surface area contributed by atoms with Crippen molar-refractivity contribution in [1.82, 2.24) is 20.4 Å². The van der Waals surface area contributed by atoms with E-state index in [-0.39, 0.29) is 11.9 Å². The van der Waals surface area contributed by atoms with Crippen molar-refractivity contribution in [1.29, 1.82) is 0 Å². The largest absolute Gasteiger partial charge is 0.374 e. The summed E-state index contributed by atoms with van der Waals surface area (Å²) in [6, 6.07) is -0.0537. The number of anilines is 1. The molecule has 1 amide bonds. The Morgan fingerprint density at radius 1 is 1.40 bits per heavy atom. The van der Waals surface area contributed by atoms with E-state index < -0.39 is 5.54 Å². The summed E-state index contributed by atoms with van der Waals surface area (Å²) in [4.78, 5) is 14.7. The molecule has 2 heterocycles. The Morgan fingerprint density at radius 3 is 2.80 bits per heavy atom. The van der Waals surface area contributed by atoms with Crippen molar-refractivity contribution < 1.29 is 4.79 Å². The SMILES string of the molecule is CN1CCCCC[C@@H]1C(=O)NC(C)(C)c1nnc(N)s1. The van der Waals surface area contributed by atoms with Gasteiger partial charge in [0.25, 0.3) is 0 Å². The van der Waals surface area contributed by atoms with Gasteiger partial charge in [0.15, 0.2) is 0 Å². The number of hydrogen-bond acceptors (Lipinski definition) is 6. The van der Waals surface area contributed by atoms with Crippen LogP contribution in [0.1, 0.15) is 44.5 Å². The summed E-state index contributed by atoms with van der Waals surface area (Å²) in [5.74, 6) is 0.0631. The second-order valence-electron chi connectivity index (χ2n) is 5.91. The number of aromatic nitrogens is 2. The van der Waals surface area contributed by atoms with E-state index >= 15 is 0 Å². The molecular formula is C13H23N5OS. The zero-order valence-corrected chi connectivity index (χ0v) is 13.2. The Kier molecular flexibility index (Phi) is 4.59. The number of amides is 1. The van der Waals surface area contributed by atoms with Crippen LogP contribution in [0.2, 0.25) is 0 Å². The van der Waals surface area contributed by atoms with E-state index in [4.69, 9.17) is 5.73 Å². The molecule has 1 aromatic heterocycles. The monoisotopic (exact) mass is 297 g/mol. The zero-order valence-electron chi connectivity index (χ0n) is 12.3. The molecular weight excluding hydrogens is 274 g/mol. The van der Waals surface area contributed by atoms with Gasteiger partial charge in [0.2, 0.25) is 11.0 Å². The van der Waals surface area contributed by atoms with E-state index in [9.17, 15) is 4.79 Å². The molecule has 0 saturated carbocycles. The lowest BCUT2D eigenvalue weighted by Gasteiger charge is -2.30. The first-order valence-corrected chi connectivity index (χ1v) is 7.83. The predicted octanol–water partition coefficient (Wildman–Crippen LogP) is 1.35. The molecule has 1 aliphatic heterocycles. The minimum atomic E-state index is -0.542. The Hall–Kier alpha value is -1.21. The first-order valence-electron chi connectivity index (χ1n) is 7.02. The first kappa shape index (κ1) is 15.2. The van der Waals surface area contributed by atoms with Crippen LogP contribution in [0.5, 0.6) is 0 Å². The van der Waals surface area contributed by atoms with Gasteiger partial charge in [0, 0.05) is 0 Å². The smallest absolute Gasteiger partial charge is 0.238 e. The van der Waals surface area contributed by atoms with Crippen molar-refractivity contribution in [2.24, 2.45) is 0 Å². The van der Waals surface area contributed by atoms with Crippen LogP contribution < -0.4 is 11.1 Å². The predicted molar refractivity (Wildman–Crippen MR) is 80.4 cm³/mol. The maximum absolute atomic E-state index is 12.5. The van der Waals surface area contributed by atoms with E-state index in [2.05, 4.69) is 20.4 Å². The molecule has 0 unspecified atom stereocenters. The van der Waals surface area contributed by atoms with Crippen LogP contribution in [0.4, 0.5) is 5.13 Å². The highest BCUT2D eigenvalue weighted by molar-refractivity contribution is 7.15.